The van der Waals surface area contributed by atoms with Crippen molar-refractivity contribution in [3.63, 3.8) is 0 Å². The van der Waals surface area contributed by atoms with Crippen molar-refractivity contribution in [1.29, 1.82) is 0 Å². The number of thioether (sulfide) groups is 1. The van der Waals surface area contributed by atoms with Crippen LogP contribution < -0.4 is 5.32 Å². The van der Waals surface area contributed by atoms with Crippen molar-refractivity contribution in [2.45, 2.75) is 33.6 Å². The Bertz CT molecular complexity index is 251. The molecule has 0 aliphatic carbocycles. The van der Waals surface area contributed by atoms with Crippen molar-refractivity contribution in [2.75, 3.05) is 38.2 Å². The molecule has 1 heterocycles. The molecule has 5 heteroatoms. The summed E-state index contributed by atoms with van der Waals surface area (Å²) in [6.45, 7) is 11.1. The highest BCUT2D eigenvalue weighted by Gasteiger charge is 2.23. The summed E-state index contributed by atoms with van der Waals surface area (Å²) in [6, 6.07) is 0. The number of piperidine rings is 1. The van der Waals surface area contributed by atoms with Gasteiger partial charge in [0.2, 0.25) is 0 Å². The van der Waals surface area contributed by atoms with Crippen LogP contribution >= 0.6 is 35.7 Å². The molecule has 1 fully saturated rings. The molecule has 0 spiro atoms. The minimum absolute atomic E-state index is 0. The number of hydrogen-bond acceptors (Lipinski definition) is 2. The first kappa shape index (κ1) is 19.4. The molecule has 1 saturated heterocycles. The molecule has 0 radical (unpaired) electrons. The van der Waals surface area contributed by atoms with Crippen molar-refractivity contribution in [3.05, 3.63) is 0 Å². The molecule has 3 nitrogen and oxygen atoms in total. The van der Waals surface area contributed by atoms with Gasteiger partial charge in [0.1, 0.15) is 0 Å². The highest BCUT2D eigenvalue weighted by atomic mass is 127. The third-order valence-corrected chi connectivity index (χ3v) is 3.97. The number of likely N-dealkylation sites (tertiary alicyclic amines) is 1. The highest BCUT2D eigenvalue weighted by Crippen LogP contribution is 2.20. The number of aliphatic imine (C=N–C) groups is 1. The molecule has 1 aliphatic rings. The summed E-state index contributed by atoms with van der Waals surface area (Å²) >= 11 is 1.90. The monoisotopic (exact) mass is 399 g/mol. The Balaban J connectivity index is 0.00000324. The van der Waals surface area contributed by atoms with E-state index in [-0.39, 0.29) is 24.0 Å². The smallest absolute Gasteiger partial charge is 0.193 e. The van der Waals surface area contributed by atoms with E-state index in [1.807, 2.05) is 11.8 Å². The van der Waals surface area contributed by atoms with Crippen LogP contribution in [0.3, 0.4) is 0 Å². The lowest BCUT2D eigenvalue weighted by Gasteiger charge is -2.37. The topological polar surface area (TPSA) is 27.6 Å². The average molecular weight is 399 g/mol. The lowest BCUT2D eigenvalue weighted by Crippen LogP contribution is -2.48. The summed E-state index contributed by atoms with van der Waals surface area (Å²) in [5.74, 6) is 3.89. The summed E-state index contributed by atoms with van der Waals surface area (Å²) in [7, 11) is 0. The van der Waals surface area contributed by atoms with Gasteiger partial charge in [-0.15, -0.1) is 24.0 Å². The van der Waals surface area contributed by atoms with Gasteiger partial charge in [0, 0.05) is 26.2 Å². The Labute approximate surface area is 140 Å². The van der Waals surface area contributed by atoms with Gasteiger partial charge in [-0.05, 0) is 43.6 Å². The van der Waals surface area contributed by atoms with Gasteiger partial charge < -0.3 is 10.2 Å². The number of nitrogens with zero attached hydrogens (tertiary/aromatic N) is 2. The van der Waals surface area contributed by atoms with Crippen LogP contribution in [0.1, 0.15) is 33.6 Å². The molecule has 0 amide bonds. The van der Waals surface area contributed by atoms with E-state index in [2.05, 4.69) is 37.2 Å². The highest BCUT2D eigenvalue weighted by molar-refractivity contribution is 14.0. The minimum atomic E-state index is 0. The molecular weight excluding hydrogens is 369 g/mol. The second kappa shape index (κ2) is 11.1. The van der Waals surface area contributed by atoms with Gasteiger partial charge >= 0.3 is 0 Å². The summed E-state index contributed by atoms with van der Waals surface area (Å²) < 4.78 is 0. The van der Waals surface area contributed by atoms with Crippen molar-refractivity contribution in [1.82, 2.24) is 10.2 Å². The van der Waals surface area contributed by atoms with Crippen LogP contribution in [0.25, 0.3) is 0 Å². The SMILES string of the molecule is CCNC(=NCCCSC)N1CC(C)CC(C)C1.I. The largest absolute Gasteiger partial charge is 0.357 e. The fourth-order valence-corrected chi connectivity index (χ4v) is 3.07. The average Bonchev–Trinajstić information content (AvgIpc) is 2.32. The van der Waals surface area contributed by atoms with Crippen LogP contribution in [0.2, 0.25) is 0 Å². The fourth-order valence-electron chi connectivity index (χ4n) is 2.66. The first-order valence-electron chi connectivity index (χ1n) is 7.19. The van der Waals surface area contributed by atoms with Gasteiger partial charge in [-0.2, -0.15) is 11.8 Å². The van der Waals surface area contributed by atoms with Crippen LogP contribution in [0.5, 0.6) is 0 Å². The van der Waals surface area contributed by atoms with E-state index in [0.29, 0.717) is 0 Å². The van der Waals surface area contributed by atoms with E-state index in [1.165, 1.54) is 18.6 Å². The molecule has 0 aromatic carbocycles. The Morgan fingerprint density at radius 3 is 2.47 bits per heavy atom. The zero-order chi connectivity index (χ0) is 13.4. The molecule has 0 aromatic heterocycles. The van der Waals surface area contributed by atoms with Crippen molar-refractivity contribution in [3.8, 4) is 0 Å². The predicted octanol–water partition coefficient (Wildman–Crippen LogP) is 3.30. The maximum absolute atomic E-state index is 4.76. The maximum Gasteiger partial charge on any atom is 0.193 e. The zero-order valence-corrected chi connectivity index (χ0v) is 16.0. The number of guanidine groups is 1. The second-order valence-corrected chi connectivity index (χ2v) is 6.42. The third kappa shape index (κ3) is 7.63. The Morgan fingerprint density at radius 1 is 1.32 bits per heavy atom. The van der Waals surface area contributed by atoms with Gasteiger partial charge in [-0.25, -0.2) is 0 Å². The Kier molecular flexibility index (Phi) is 11.3. The first-order valence-corrected chi connectivity index (χ1v) is 8.59. The van der Waals surface area contributed by atoms with E-state index >= 15 is 0 Å². The first-order chi connectivity index (χ1) is 8.67. The summed E-state index contributed by atoms with van der Waals surface area (Å²) in [4.78, 5) is 7.21. The molecule has 0 bridgehead atoms. The van der Waals surface area contributed by atoms with Crippen LogP contribution in [0.4, 0.5) is 0 Å². The molecule has 0 saturated carbocycles. The van der Waals surface area contributed by atoms with Crippen molar-refractivity contribution in [2.24, 2.45) is 16.8 Å². The molecule has 114 valence electrons. The second-order valence-electron chi connectivity index (χ2n) is 5.43. The van der Waals surface area contributed by atoms with Crippen molar-refractivity contribution >= 4 is 41.7 Å². The van der Waals surface area contributed by atoms with Crippen molar-refractivity contribution < 1.29 is 0 Å². The van der Waals surface area contributed by atoms with E-state index in [0.717, 1.165) is 44.0 Å². The van der Waals surface area contributed by atoms with Crippen LogP contribution in [-0.2, 0) is 0 Å². The molecular formula is C14H30IN3S. The molecule has 1 N–H and O–H groups in total. The van der Waals surface area contributed by atoms with Gasteiger partial charge in [0.05, 0.1) is 0 Å². The minimum Gasteiger partial charge on any atom is -0.357 e. The Morgan fingerprint density at radius 2 is 1.95 bits per heavy atom. The van der Waals surface area contributed by atoms with Gasteiger partial charge in [0.15, 0.2) is 5.96 Å². The molecule has 2 atom stereocenters. The van der Waals surface area contributed by atoms with E-state index < -0.39 is 0 Å². The Hall–Kier alpha value is 0.350. The quantitative estimate of drug-likeness (QED) is 0.333. The third-order valence-electron chi connectivity index (χ3n) is 3.27. The molecule has 1 rings (SSSR count). The number of rotatable bonds is 5. The van der Waals surface area contributed by atoms with Gasteiger partial charge in [0.25, 0.3) is 0 Å². The maximum atomic E-state index is 4.76. The molecule has 1 aliphatic heterocycles. The fraction of sp³-hybridized carbons (Fsp3) is 0.929. The van der Waals surface area contributed by atoms with Crippen LogP contribution in [0.15, 0.2) is 4.99 Å². The summed E-state index contributed by atoms with van der Waals surface area (Å²) in [5.41, 5.74) is 0. The number of hydrogen-bond donors (Lipinski definition) is 1. The summed E-state index contributed by atoms with van der Waals surface area (Å²) in [5, 5.41) is 3.44. The lowest BCUT2D eigenvalue weighted by atomic mass is 9.92. The standard InChI is InChI=1S/C14H29N3S.HI/c1-5-15-14(16-7-6-8-18-4)17-10-12(2)9-13(3)11-17;/h12-13H,5-11H2,1-4H3,(H,15,16);1H. The van der Waals surface area contributed by atoms with E-state index in [1.54, 1.807) is 0 Å². The summed E-state index contributed by atoms with van der Waals surface area (Å²) in [6.07, 6.45) is 4.68. The van der Waals surface area contributed by atoms with E-state index in [9.17, 15) is 0 Å². The predicted molar refractivity (Wildman–Crippen MR) is 98.9 cm³/mol. The zero-order valence-electron chi connectivity index (χ0n) is 12.8. The number of halogens is 1. The molecule has 19 heavy (non-hydrogen) atoms. The van der Waals surface area contributed by atoms with Gasteiger partial charge in [-0.3, -0.25) is 4.99 Å². The van der Waals surface area contributed by atoms with Crippen LogP contribution in [0, 0.1) is 11.8 Å². The molecule has 0 aromatic rings. The number of nitrogens with one attached hydrogen (secondary N) is 1. The van der Waals surface area contributed by atoms with Gasteiger partial charge in [-0.1, -0.05) is 13.8 Å². The lowest BCUT2D eigenvalue weighted by molar-refractivity contribution is 0.208. The van der Waals surface area contributed by atoms with Crippen LogP contribution in [-0.4, -0.2) is 49.0 Å². The van der Waals surface area contributed by atoms with E-state index in [4.69, 9.17) is 4.99 Å². The molecule has 2 unspecified atom stereocenters. The normalized spacial score (nSPS) is 24.0.